The van der Waals surface area contributed by atoms with E-state index in [1.807, 2.05) is 13.8 Å². The van der Waals surface area contributed by atoms with Crippen molar-refractivity contribution in [1.29, 1.82) is 0 Å². The fraction of sp³-hybridized carbons (Fsp3) is 0.500. The lowest BCUT2D eigenvalue weighted by Crippen LogP contribution is -2.55. The summed E-state index contributed by atoms with van der Waals surface area (Å²) in [5.41, 5.74) is 6.73. The largest absolute Gasteiger partial charge is 0.391 e. The molecule has 16 heavy (non-hydrogen) atoms. The number of hydrogen-bond donors (Lipinski definition) is 2. The van der Waals surface area contributed by atoms with Gasteiger partial charge in [-0.3, -0.25) is 9.78 Å². The van der Waals surface area contributed by atoms with E-state index in [4.69, 9.17) is 18.0 Å². The highest BCUT2D eigenvalue weighted by Crippen LogP contribution is 2.17. The van der Waals surface area contributed by atoms with Gasteiger partial charge in [-0.15, -0.1) is 11.3 Å². The number of thiocarbonyl (C=S) groups is 1. The predicted molar refractivity (Wildman–Crippen MR) is 69.7 cm³/mol. The molecule has 88 valence electrons. The number of rotatable bonds is 5. The molecule has 1 heterocycles. The molecule has 0 radical (unpaired) electrons. The third-order valence-electron chi connectivity index (χ3n) is 2.69. The third kappa shape index (κ3) is 2.56. The Labute approximate surface area is 104 Å². The highest BCUT2D eigenvalue weighted by atomic mass is 32.1. The number of nitrogens with two attached hydrogens (primary N) is 1. The van der Waals surface area contributed by atoms with Gasteiger partial charge in [0.2, 0.25) is 0 Å². The lowest BCUT2D eigenvalue weighted by molar-refractivity contribution is 0.0924. The molecule has 1 aromatic rings. The van der Waals surface area contributed by atoms with E-state index in [1.54, 1.807) is 5.51 Å². The van der Waals surface area contributed by atoms with Crippen LogP contribution < -0.4 is 11.1 Å². The molecule has 0 aliphatic heterocycles. The van der Waals surface area contributed by atoms with Crippen molar-refractivity contribution in [3.05, 3.63) is 16.6 Å². The van der Waals surface area contributed by atoms with Crippen LogP contribution >= 0.6 is 23.6 Å². The highest BCUT2D eigenvalue weighted by Gasteiger charge is 2.31. The van der Waals surface area contributed by atoms with Gasteiger partial charge in [-0.1, -0.05) is 26.1 Å². The fourth-order valence-corrected chi connectivity index (χ4v) is 2.30. The molecule has 1 rings (SSSR count). The second kappa shape index (κ2) is 5.36. The third-order valence-corrected chi connectivity index (χ3v) is 3.85. The molecule has 3 N–H and O–H groups in total. The first-order valence-corrected chi connectivity index (χ1v) is 6.35. The van der Waals surface area contributed by atoms with Crippen molar-refractivity contribution in [2.24, 2.45) is 5.73 Å². The van der Waals surface area contributed by atoms with Crippen molar-refractivity contribution < 1.29 is 4.79 Å². The topological polar surface area (TPSA) is 68.0 Å². The maximum atomic E-state index is 11.9. The number of amides is 1. The minimum Gasteiger partial charge on any atom is -0.391 e. The standard InChI is InChI=1S/C10H15N3OS2/c1-3-10(4-2,9(11)15)13-8(14)7-5-12-6-16-7/h5-6H,3-4H2,1-2H3,(H2,11,15)(H,13,14). The number of nitrogens with zero attached hydrogens (tertiary/aromatic N) is 1. The van der Waals surface area contributed by atoms with Crippen LogP contribution in [0.2, 0.25) is 0 Å². The molecular formula is C10H15N3OS2. The Balaban J connectivity index is 2.84. The highest BCUT2D eigenvalue weighted by molar-refractivity contribution is 7.80. The van der Waals surface area contributed by atoms with E-state index in [2.05, 4.69) is 10.3 Å². The Kier molecular flexibility index (Phi) is 4.37. The van der Waals surface area contributed by atoms with Gasteiger partial charge in [0.1, 0.15) is 4.88 Å². The van der Waals surface area contributed by atoms with E-state index < -0.39 is 5.54 Å². The first-order chi connectivity index (χ1) is 7.55. The van der Waals surface area contributed by atoms with Crippen LogP contribution in [0.1, 0.15) is 36.4 Å². The number of carbonyl (C=O) groups excluding carboxylic acids is 1. The molecule has 0 aliphatic rings. The van der Waals surface area contributed by atoms with Gasteiger partial charge in [0, 0.05) is 0 Å². The van der Waals surface area contributed by atoms with Crippen molar-refractivity contribution in [2.45, 2.75) is 32.2 Å². The maximum Gasteiger partial charge on any atom is 0.263 e. The van der Waals surface area contributed by atoms with E-state index in [0.717, 1.165) is 0 Å². The van der Waals surface area contributed by atoms with Crippen LogP contribution in [-0.4, -0.2) is 21.4 Å². The zero-order valence-corrected chi connectivity index (χ0v) is 11.0. The van der Waals surface area contributed by atoms with Gasteiger partial charge in [-0.2, -0.15) is 0 Å². The number of aromatic nitrogens is 1. The Morgan fingerprint density at radius 3 is 2.62 bits per heavy atom. The monoisotopic (exact) mass is 257 g/mol. The van der Waals surface area contributed by atoms with Gasteiger partial charge in [0.25, 0.3) is 5.91 Å². The molecule has 0 aliphatic carbocycles. The van der Waals surface area contributed by atoms with Gasteiger partial charge in [0.05, 0.1) is 22.2 Å². The Bertz CT molecular complexity index is 371. The summed E-state index contributed by atoms with van der Waals surface area (Å²) in [5, 5.41) is 2.90. The lowest BCUT2D eigenvalue weighted by Gasteiger charge is -2.31. The van der Waals surface area contributed by atoms with Gasteiger partial charge >= 0.3 is 0 Å². The fourth-order valence-electron chi connectivity index (χ4n) is 1.44. The average Bonchev–Trinajstić information content (AvgIpc) is 2.78. The van der Waals surface area contributed by atoms with Crippen LogP contribution in [0.4, 0.5) is 0 Å². The van der Waals surface area contributed by atoms with Crippen LogP contribution in [0.3, 0.4) is 0 Å². The molecule has 1 amide bonds. The number of nitrogens with one attached hydrogen (secondary N) is 1. The summed E-state index contributed by atoms with van der Waals surface area (Å²) in [6.45, 7) is 3.91. The second-order valence-electron chi connectivity index (χ2n) is 3.47. The van der Waals surface area contributed by atoms with Crippen LogP contribution in [0.25, 0.3) is 0 Å². The van der Waals surface area contributed by atoms with Crippen molar-refractivity contribution in [2.75, 3.05) is 0 Å². The molecule has 0 unspecified atom stereocenters. The molecule has 0 atom stereocenters. The summed E-state index contributed by atoms with van der Waals surface area (Å²) in [6.07, 6.45) is 2.91. The van der Waals surface area contributed by atoms with Gasteiger partial charge < -0.3 is 11.1 Å². The van der Waals surface area contributed by atoms with E-state index in [9.17, 15) is 4.79 Å². The van der Waals surface area contributed by atoms with Gasteiger partial charge in [0.15, 0.2) is 0 Å². The summed E-state index contributed by atoms with van der Waals surface area (Å²) in [7, 11) is 0. The molecule has 4 nitrogen and oxygen atoms in total. The summed E-state index contributed by atoms with van der Waals surface area (Å²) < 4.78 is 0. The Morgan fingerprint density at radius 1 is 1.62 bits per heavy atom. The Morgan fingerprint density at radius 2 is 2.25 bits per heavy atom. The van der Waals surface area contributed by atoms with Crippen LogP contribution in [-0.2, 0) is 0 Å². The molecule has 0 saturated heterocycles. The van der Waals surface area contributed by atoms with E-state index >= 15 is 0 Å². The molecule has 0 spiro atoms. The minimum absolute atomic E-state index is 0.168. The molecule has 0 fully saturated rings. The van der Waals surface area contributed by atoms with Gasteiger partial charge in [-0.25, -0.2) is 0 Å². The van der Waals surface area contributed by atoms with Crippen molar-refractivity contribution in [3.8, 4) is 0 Å². The molecule has 0 saturated carbocycles. The molecule has 1 aromatic heterocycles. The second-order valence-corrected chi connectivity index (χ2v) is 4.80. The van der Waals surface area contributed by atoms with Gasteiger partial charge in [-0.05, 0) is 12.8 Å². The quantitative estimate of drug-likeness (QED) is 0.788. The molecule has 6 heteroatoms. The minimum atomic E-state index is -0.587. The van der Waals surface area contributed by atoms with E-state index in [0.29, 0.717) is 22.7 Å². The number of hydrogen-bond acceptors (Lipinski definition) is 4. The maximum absolute atomic E-state index is 11.9. The van der Waals surface area contributed by atoms with Crippen molar-refractivity contribution >= 4 is 34.5 Å². The average molecular weight is 257 g/mol. The van der Waals surface area contributed by atoms with Crippen molar-refractivity contribution in [1.82, 2.24) is 10.3 Å². The SMILES string of the molecule is CCC(CC)(NC(=O)c1cncs1)C(N)=S. The lowest BCUT2D eigenvalue weighted by atomic mass is 9.92. The van der Waals surface area contributed by atoms with Crippen LogP contribution in [0.15, 0.2) is 11.7 Å². The summed E-state index contributed by atoms with van der Waals surface area (Å²) >= 11 is 6.32. The molecule has 0 bridgehead atoms. The van der Waals surface area contributed by atoms with Crippen LogP contribution in [0.5, 0.6) is 0 Å². The summed E-state index contributed by atoms with van der Waals surface area (Å²) in [6, 6.07) is 0. The number of thiazole rings is 1. The normalized spacial score (nSPS) is 11.1. The first kappa shape index (κ1) is 13.1. The molecular weight excluding hydrogens is 242 g/mol. The van der Waals surface area contributed by atoms with Crippen LogP contribution in [0, 0.1) is 0 Å². The predicted octanol–water partition coefficient (Wildman–Crippen LogP) is 1.72. The zero-order valence-electron chi connectivity index (χ0n) is 9.32. The summed E-state index contributed by atoms with van der Waals surface area (Å²) in [4.78, 5) is 16.7. The zero-order chi connectivity index (χ0) is 12.2. The smallest absolute Gasteiger partial charge is 0.263 e. The Hall–Kier alpha value is -1.01. The molecule has 0 aromatic carbocycles. The van der Waals surface area contributed by atoms with E-state index in [1.165, 1.54) is 17.5 Å². The van der Waals surface area contributed by atoms with Crippen molar-refractivity contribution in [3.63, 3.8) is 0 Å². The van der Waals surface area contributed by atoms with E-state index in [-0.39, 0.29) is 5.91 Å². The summed E-state index contributed by atoms with van der Waals surface area (Å²) in [5.74, 6) is -0.168. The number of carbonyl (C=O) groups is 1. The first-order valence-electron chi connectivity index (χ1n) is 5.06.